The number of rotatable bonds is 38. The van der Waals surface area contributed by atoms with Gasteiger partial charge in [-0.3, -0.25) is 0 Å². The molecule has 2 fully saturated rings. The van der Waals surface area contributed by atoms with Gasteiger partial charge in [-0.25, -0.2) is 15.0 Å². The molecular formula is C117H127N9O9. The van der Waals surface area contributed by atoms with Crippen LogP contribution >= 0.6 is 0 Å². The number of fused-ring (bicyclic) bond motifs is 7. The first kappa shape index (κ1) is 93.5. The van der Waals surface area contributed by atoms with Gasteiger partial charge in [-0.05, 0) is 254 Å². The molecule has 0 spiro atoms. The summed E-state index contributed by atoms with van der Waals surface area (Å²) < 4.78 is 37.2. The van der Waals surface area contributed by atoms with Crippen molar-refractivity contribution in [3.05, 3.63) is 231 Å². The molecule has 4 unspecified atom stereocenters. The zero-order chi connectivity index (χ0) is 93.1. The van der Waals surface area contributed by atoms with Gasteiger partial charge < -0.3 is 43.7 Å². The van der Waals surface area contributed by atoms with E-state index in [9.17, 15) is 15.3 Å². The minimum absolute atomic E-state index is 0.0666. The second kappa shape index (κ2) is 44.7. The minimum atomic E-state index is 0.0666. The molecule has 694 valence electrons. The van der Waals surface area contributed by atoms with Gasteiger partial charge in [0.25, 0.3) is 0 Å². The molecule has 2 aliphatic carbocycles. The number of ether oxygens (including phenoxy) is 6. The maximum Gasteiger partial charge on any atom is 0.320 e. The summed E-state index contributed by atoms with van der Waals surface area (Å²) in [5, 5.41) is 52.2. The highest BCUT2D eigenvalue weighted by Crippen LogP contribution is 2.45. The lowest BCUT2D eigenvalue weighted by Crippen LogP contribution is -2.14. The molecule has 0 bridgehead atoms. The summed E-state index contributed by atoms with van der Waals surface area (Å²) >= 11 is 0. The fraction of sp³-hybridized carbons (Fsp3) is 0.359. The van der Waals surface area contributed by atoms with E-state index in [0.717, 1.165) is 165 Å². The van der Waals surface area contributed by atoms with Crippen LogP contribution in [0.25, 0.3) is 155 Å². The maximum absolute atomic E-state index is 11.3. The number of nitrogens with zero attached hydrogens (tertiary/aromatic N) is 9. The zero-order valence-electron chi connectivity index (χ0n) is 79.5. The zero-order valence-corrected chi connectivity index (χ0v) is 79.5. The third-order valence-corrected chi connectivity index (χ3v) is 27.4. The molecule has 0 saturated heterocycles. The molecule has 0 amide bonds. The molecule has 3 heterocycles. The minimum Gasteiger partial charge on any atom is -0.507 e. The highest BCUT2D eigenvalue weighted by molar-refractivity contribution is 6.25. The van der Waals surface area contributed by atoms with Crippen LogP contribution in [0.2, 0.25) is 0 Å². The van der Waals surface area contributed by atoms with Crippen LogP contribution in [-0.4, -0.2) is 98.8 Å². The predicted molar refractivity (Wildman–Crippen MR) is 549 cm³/mol. The summed E-state index contributed by atoms with van der Waals surface area (Å²) in [6.45, 7) is 20.1. The van der Waals surface area contributed by atoms with Gasteiger partial charge in [0, 0.05) is 34.9 Å². The topological polar surface area (TPSA) is 232 Å². The average Bonchev–Trinajstić information content (AvgIpc) is 1.37. The monoisotopic (exact) mass is 1800 g/mol. The molecule has 0 radical (unpaired) electrons. The van der Waals surface area contributed by atoms with E-state index in [2.05, 4.69) is 224 Å². The van der Waals surface area contributed by atoms with Crippen molar-refractivity contribution in [3.8, 4) is 121 Å². The molecule has 18 nitrogen and oxygen atoms in total. The van der Waals surface area contributed by atoms with Crippen LogP contribution in [0.4, 0.5) is 0 Å². The van der Waals surface area contributed by atoms with Crippen LogP contribution in [0, 0.1) is 23.7 Å². The van der Waals surface area contributed by atoms with Gasteiger partial charge in [0.1, 0.15) is 46.7 Å². The van der Waals surface area contributed by atoms with E-state index in [4.69, 9.17) is 68.3 Å². The van der Waals surface area contributed by atoms with Gasteiger partial charge in [0.15, 0.2) is 34.9 Å². The Bertz CT molecular complexity index is 6900. The van der Waals surface area contributed by atoms with Gasteiger partial charge in [0.05, 0.1) is 43.1 Å². The molecule has 18 heteroatoms. The third kappa shape index (κ3) is 22.4. The first-order valence-corrected chi connectivity index (χ1v) is 49.8. The number of aromatic hydroxyl groups is 3. The molecule has 17 aromatic rings. The Labute approximate surface area is 793 Å². The lowest BCUT2D eigenvalue weighted by Gasteiger charge is -2.17. The summed E-state index contributed by atoms with van der Waals surface area (Å²) in [7, 11) is 0. The Morgan fingerprint density at radius 2 is 0.622 bits per heavy atom. The Kier molecular flexibility index (Phi) is 30.9. The van der Waals surface area contributed by atoms with Crippen molar-refractivity contribution in [3.63, 3.8) is 0 Å². The molecule has 19 rings (SSSR count). The van der Waals surface area contributed by atoms with Crippen molar-refractivity contribution in [2.45, 2.75) is 222 Å². The number of aromatic nitrogens is 9. The normalized spacial score (nSPS) is 13.9. The second-order valence-electron chi connectivity index (χ2n) is 36.9. The predicted octanol–water partition coefficient (Wildman–Crippen LogP) is 30.4. The molecule has 135 heavy (non-hydrogen) atoms. The van der Waals surface area contributed by atoms with E-state index in [1.165, 1.54) is 92.4 Å². The van der Waals surface area contributed by atoms with Crippen LogP contribution in [0.5, 0.6) is 52.5 Å². The van der Waals surface area contributed by atoms with E-state index in [1.807, 2.05) is 48.5 Å². The van der Waals surface area contributed by atoms with Gasteiger partial charge in [-0.15, -0.1) is 0 Å². The van der Waals surface area contributed by atoms with Crippen molar-refractivity contribution >= 4 is 86.2 Å². The SMILES string of the molecule is CCCCC(CC)COc1ccc(-c2nc(OC3CCCC3)nc(-c3cc4c5ccccc5ccc4c4ccccc34)n2)c(O)c1.CCCCC(CC)COc1ccc(-c2nc(OC3CCCC3)nc(-c3ccc4cc5ccccc5cc4c3)n2)c(O)c1.CCCCC(CC)COc1ccc(-c2nc(OCC(CC)CCCC)nc(-c3ccc4ccc5cccc6ccc3c4c56)n2)c(O)c1. The van der Waals surface area contributed by atoms with E-state index in [0.29, 0.717) is 125 Å². The van der Waals surface area contributed by atoms with Gasteiger partial charge >= 0.3 is 18.0 Å². The molecule has 0 aliphatic heterocycles. The number of unbranched alkanes of at least 4 members (excludes halogenated alkanes) is 4. The highest BCUT2D eigenvalue weighted by atomic mass is 16.5. The fourth-order valence-corrected chi connectivity index (χ4v) is 19.1. The highest BCUT2D eigenvalue weighted by Gasteiger charge is 2.27. The maximum atomic E-state index is 11.3. The summed E-state index contributed by atoms with van der Waals surface area (Å²) in [4.78, 5) is 43.5. The lowest BCUT2D eigenvalue weighted by molar-refractivity contribution is 0.192. The standard InChI is InChI=1S/C41H47N3O3.C40H41N3O3.C36H39N3O3/c1-5-9-12-27(7-3)25-46-32-20-23-35(36(45)24-32)40-42-39(43-41(44-40)47-26-28(8-4)13-10-6-2)34-22-19-31-17-16-29-14-11-15-30-18-21-33(34)38(31)37(29)30;1-3-5-12-26(4-2)25-45-29-20-22-34(37(44)23-29)38-41-39(43-40(42-38)46-28-14-7-8-15-28)36-24-35-30-16-9-6-13-27(30)19-21-33(35)31-17-10-11-18-32(31)36;1-3-5-10-24(4-2)23-41-31-17-18-32(33(40)22-31)35-37-34(38-36(39-35)42-30-13-8-9-14-30)28-16-15-27-19-25-11-6-7-12-26(25)20-29(27)21-28/h11,14-24,27-28,45H,5-10,12-13,25-26H2,1-4H3;6,9-11,13,16-24,26,28,44H,3-5,7-8,12,14-15,25H2,1-2H3;6-7,11-12,15-22,24,30,40H,3-5,8-10,13-14,23H2,1-2H3. The van der Waals surface area contributed by atoms with Crippen LogP contribution in [-0.2, 0) is 0 Å². The van der Waals surface area contributed by atoms with Crippen molar-refractivity contribution in [1.29, 1.82) is 0 Å². The van der Waals surface area contributed by atoms with E-state index in [1.54, 1.807) is 18.2 Å². The summed E-state index contributed by atoms with van der Waals surface area (Å²) in [5.74, 6) is 6.73. The lowest BCUT2D eigenvalue weighted by atomic mass is 9.92. The average molecular weight is 1800 g/mol. The fourth-order valence-electron chi connectivity index (χ4n) is 19.1. The number of hydrogen-bond donors (Lipinski definition) is 3. The van der Waals surface area contributed by atoms with E-state index in [-0.39, 0.29) is 41.5 Å². The first-order chi connectivity index (χ1) is 66.2. The van der Waals surface area contributed by atoms with Crippen LogP contribution < -0.4 is 28.4 Å². The van der Waals surface area contributed by atoms with Crippen molar-refractivity contribution in [2.75, 3.05) is 26.4 Å². The molecule has 2 saturated carbocycles. The second-order valence-corrected chi connectivity index (χ2v) is 36.9. The largest absolute Gasteiger partial charge is 0.507 e. The molecule has 4 atom stereocenters. The number of hydrogen-bond acceptors (Lipinski definition) is 18. The quantitative estimate of drug-likeness (QED) is 0.0241. The van der Waals surface area contributed by atoms with Gasteiger partial charge in [0.2, 0.25) is 0 Å². The number of benzene rings is 14. The van der Waals surface area contributed by atoms with Crippen molar-refractivity contribution in [1.82, 2.24) is 44.9 Å². The molecule has 2 aliphatic rings. The Morgan fingerprint density at radius 3 is 1.11 bits per heavy atom. The molecule has 3 N–H and O–H groups in total. The first-order valence-electron chi connectivity index (χ1n) is 49.8. The van der Waals surface area contributed by atoms with Crippen LogP contribution in [0.15, 0.2) is 231 Å². The van der Waals surface area contributed by atoms with E-state index < -0.39 is 0 Å². The van der Waals surface area contributed by atoms with Crippen LogP contribution in [0.3, 0.4) is 0 Å². The van der Waals surface area contributed by atoms with E-state index >= 15 is 0 Å². The van der Waals surface area contributed by atoms with Crippen molar-refractivity contribution < 1.29 is 43.7 Å². The molecular weight excluding hydrogens is 1680 g/mol. The molecule has 3 aromatic heterocycles. The summed E-state index contributed by atoms with van der Waals surface area (Å²) in [6.07, 6.45) is 26.9. The van der Waals surface area contributed by atoms with Crippen LogP contribution in [0.1, 0.15) is 209 Å². The van der Waals surface area contributed by atoms with Gasteiger partial charge in [-0.2, -0.15) is 29.9 Å². The number of phenols is 3. The number of phenolic OH excluding ortho intramolecular Hbond substituents is 3. The molecule has 14 aromatic carbocycles. The Balaban J connectivity index is 0.000000141. The van der Waals surface area contributed by atoms with Crippen molar-refractivity contribution in [2.24, 2.45) is 23.7 Å². The summed E-state index contributed by atoms with van der Waals surface area (Å²) in [5.41, 5.74) is 4.22. The Morgan fingerprint density at radius 1 is 0.267 bits per heavy atom. The summed E-state index contributed by atoms with van der Waals surface area (Å²) in [6, 6.07) is 78.8. The third-order valence-electron chi connectivity index (χ3n) is 27.4. The van der Waals surface area contributed by atoms with Gasteiger partial charge in [-0.1, -0.05) is 278 Å². The Hall–Kier alpha value is -13.4. The smallest absolute Gasteiger partial charge is 0.320 e.